The van der Waals surface area contributed by atoms with Crippen LogP contribution >= 0.6 is 15.9 Å². The number of halogens is 1. The fourth-order valence-corrected chi connectivity index (χ4v) is 2.02. The van der Waals surface area contributed by atoms with Crippen LogP contribution in [0.4, 0.5) is 0 Å². The molecular formula is C15H20BrNO4. The third kappa shape index (κ3) is 5.47. The summed E-state index contributed by atoms with van der Waals surface area (Å²) in [5, 5.41) is 0. The van der Waals surface area contributed by atoms with E-state index in [9.17, 15) is 9.59 Å². The fraction of sp³-hybridized carbons (Fsp3) is 0.467. The predicted octanol–water partition coefficient (Wildman–Crippen LogP) is 2.41. The van der Waals surface area contributed by atoms with E-state index in [2.05, 4.69) is 15.9 Å². The highest BCUT2D eigenvalue weighted by Gasteiger charge is 2.19. The Balaban J connectivity index is 2.87. The normalized spacial score (nSPS) is 10.3. The van der Waals surface area contributed by atoms with E-state index in [1.165, 1.54) is 4.90 Å². The first-order valence-corrected chi connectivity index (χ1v) is 7.48. The molecule has 0 spiro atoms. The summed E-state index contributed by atoms with van der Waals surface area (Å²) in [7, 11) is 1.55. The van der Waals surface area contributed by atoms with Crippen molar-refractivity contribution in [2.75, 3.05) is 33.4 Å². The second-order valence-corrected chi connectivity index (χ2v) is 5.34. The van der Waals surface area contributed by atoms with Crippen LogP contribution in [0.3, 0.4) is 0 Å². The van der Waals surface area contributed by atoms with Crippen LogP contribution in [0, 0.1) is 6.92 Å². The van der Waals surface area contributed by atoms with Crippen molar-refractivity contribution in [2.24, 2.45) is 0 Å². The van der Waals surface area contributed by atoms with Gasteiger partial charge < -0.3 is 14.4 Å². The summed E-state index contributed by atoms with van der Waals surface area (Å²) in [6.07, 6.45) is 0. The van der Waals surface area contributed by atoms with Gasteiger partial charge in [-0.25, -0.2) is 0 Å². The Morgan fingerprint density at radius 2 is 2.05 bits per heavy atom. The maximum atomic E-state index is 12.5. The summed E-state index contributed by atoms with van der Waals surface area (Å²) >= 11 is 3.40. The van der Waals surface area contributed by atoms with Crippen LogP contribution in [-0.2, 0) is 14.3 Å². The molecule has 0 fully saturated rings. The van der Waals surface area contributed by atoms with Crippen molar-refractivity contribution in [1.82, 2.24) is 4.90 Å². The van der Waals surface area contributed by atoms with Gasteiger partial charge in [0.2, 0.25) is 0 Å². The van der Waals surface area contributed by atoms with Crippen molar-refractivity contribution in [1.29, 1.82) is 0 Å². The Labute approximate surface area is 133 Å². The Kier molecular flexibility index (Phi) is 7.39. The van der Waals surface area contributed by atoms with Crippen LogP contribution in [0.15, 0.2) is 22.7 Å². The van der Waals surface area contributed by atoms with Gasteiger partial charge in [-0.2, -0.15) is 0 Å². The molecule has 1 aromatic carbocycles. The van der Waals surface area contributed by atoms with E-state index in [-0.39, 0.29) is 12.5 Å². The first kappa shape index (κ1) is 17.7. The predicted molar refractivity (Wildman–Crippen MR) is 83.3 cm³/mol. The number of carbonyl (C=O) groups is 2. The Morgan fingerprint density at radius 3 is 2.62 bits per heavy atom. The quantitative estimate of drug-likeness (QED) is 0.703. The number of esters is 1. The zero-order valence-electron chi connectivity index (χ0n) is 12.5. The number of rotatable bonds is 7. The lowest BCUT2D eigenvalue weighted by molar-refractivity contribution is -0.143. The van der Waals surface area contributed by atoms with Crippen molar-refractivity contribution in [3.05, 3.63) is 33.8 Å². The molecular weight excluding hydrogens is 338 g/mol. The van der Waals surface area contributed by atoms with E-state index in [1.807, 2.05) is 13.0 Å². The molecule has 0 bridgehead atoms. The Bertz CT molecular complexity index is 504. The monoisotopic (exact) mass is 357 g/mol. The molecule has 0 saturated carbocycles. The summed E-state index contributed by atoms with van der Waals surface area (Å²) < 4.78 is 10.8. The summed E-state index contributed by atoms with van der Waals surface area (Å²) in [6.45, 7) is 4.56. The number of ether oxygens (including phenoxy) is 2. The third-order valence-corrected chi connectivity index (χ3v) is 3.77. The van der Waals surface area contributed by atoms with Gasteiger partial charge in [0.15, 0.2) is 0 Å². The lowest BCUT2D eigenvalue weighted by Gasteiger charge is -2.21. The molecule has 0 saturated heterocycles. The molecule has 0 aromatic heterocycles. The highest BCUT2D eigenvalue weighted by atomic mass is 79.9. The van der Waals surface area contributed by atoms with Crippen molar-refractivity contribution in [3.8, 4) is 0 Å². The number of nitrogens with zero attached hydrogens (tertiary/aromatic N) is 1. The van der Waals surface area contributed by atoms with E-state index < -0.39 is 5.97 Å². The molecule has 1 aromatic rings. The van der Waals surface area contributed by atoms with Crippen LogP contribution in [0.5, 0.6) is 0 Å². The number of amides is 1. The SMILES string of the molecule is CCOC(=O)CN(CCOC)C(=O)c1ccc(Br)c(C)c1. The molecule has 116 valence electrons. The average molecular weight is 358 g/mol. The smallest absolute Gasteiger partial charge is 0.325 e. The minimum absolute atomic E-state index is 0.0782. The number of carbonyl (C=O) groups excluding carboxylic acids is 2. The maximum Gasteiger partial charge on any atom is 0.325 e. The minimum Gasteiger partial charge on any atom is -0.465 e. The largest absolute Gasteiger partial charge is 0.465 e. The van der Waals surface area contributed by atoms with Gasteiger partial charge in [0.25, 0.3) is 5.91 Å². The Morgan fingerprint density at radius 1 is 1.33 bits per heavy atom. The van der Waals surface area contributed by atoms with Gasteiger partial charge in [0.05, 0.1) is 13.2 Å². The summed E-state index contributed by atoms with van der Waals surface area (Å²) in [4.78, 5) is 25.5. The molecule has 0 aliphatic heterocycles. The van der Waals surface area contributed by atoms with Crippen molar-refractivity contribution >= 4 is 27.8 Å². The number of hydrogen-bond donors (Lipinski definition) is 0. The van der Waals surface area contributed by atoms with Crippen molar-refractivity contribution in [2.45, 2.75) is 13.8 Å². The number of aryl methyl sites for hydroxylation is 1. The molecule has 1 rings (SSSR count). The standard InChI is InChI=1S/C15H20BrNO4/c1-4-21-14(18)10-17(7-8-20-3)15(19)12-5-6-13(16)11(2)9-12/h5-6,9H,4,7-8,10H2,1-3H3. The topological polar surface area (TPSA) is 55.8 Å². The number of hydrogen-bond acceptors (Lipinski definition) is 4. The summed E-state index contributed by atoms with van der Waals surface area (Å²) in [6, 6.07) is 5.34. The van der Waals surface area contributed by atoms with E-state index >= 15 is 0 Å². The van der Waals surface area contributed by atoms with Gasteiger partial charge in [-0.1, -0.05) is 15.9 Å². The van der Waals surface area contributed by atoms with Gasteiger partial charge in [-0.05, 0) is 37.6 Å². The van der Waals surface area contributed by atoms with Gasteiger partial charge in [-0.3, -0.25) is 9.59 Å². The van der Waals surface area contributed by atoms with E-state index in [0.717, 1.165) is 10.0 Å². The van der Waals surface area contributed by atoms with Crippen LogP contribution in [0.25, 0.3) is 0 Å². The molecule has 1 amide bonds. The zero-order valence-corrected chi connectivity index (χ0v) is 14.1. The van der Waals surface area contributed by atoms with Gasteiger partial charge in [0.1, 0.15) is 6.54 Å². The van der Waals surface area contributed by atoms with Gasteiger partial charge >= 0.3 is 5.97 Å². The average Bonchev–Trinajstić information content (AvgIpc) is 2.46. The second-order valence-electron chi connectivity index (χ2n) is 4.49. The second kappa shape index (κ2) is 8.79. The number of benzene rings is 1. The van der Waals surface area contributed by atoms with Crippen molar-refractivity contribution in [3.63, 3.8) is 0 Å². The molecule has 0 unspecified atom stereocenters. The van der Waals surface area contributed by atoms with Crippen LogP contribution in [0.2, 0.25) is 0 Å². The molecule has 0 atom stereocenters. The molecule has 0 N–H and O–H groups in total. The fourth-order valence-electron chi connectivity index (χ4n) is 1.78. The Hall–Kier alpha value is -1.40. The molecule has 0 radical (unpaired) electrons. The minimum atomic E-state index is -0.421. The molecule has 5 nitrogen and oxygen atoms in total. The lowest BCUT2D eigenvalue weighted by atomic mass is 10.1. The van der Waals surface area contributed by atoms with Crippen LogP contribution in [0.1, 0.15) is 22.8 Å². The zero-order chi connectivity index (χ0) is 15.8. The first-order chi connectivity index (χ1) is 9.99. The van der Waals surface area contributed by atoms with Crippen molar-refractivity contribution < 1.29 is 19.1 Å². The lowest BCUT2D eigenvalue weighted by Crippen LogP contribution is -2.38. The molecule has 0 heterocycles. The molecule has 0 aliphatic rings. The number of methoxy groups -OCH3 is 1. The highest BCUT2D eigenvalue weighted by molar-refractivity contribution is 9.10. The van der Waals surface area contributed by atoms with Crippen LogP contribution in [-0.4, -0.2) is 50.2 Å². The van der Waals surface area contributed by atoms with Gasteiger partial charge in [-0.15, -0.1) is 0 Å². The molecule has 21 heavy (non-hydrogen) atoms. The van der Waals surface area contributed by atoms with E-state index in [0.29, 0.717) is 25.3 Å². The molecule has 0 aliphatic carbocycles. The van der Waals surface area contributed by atoms with Gasteiger partial charge in [0, 0.05) is 23.7 Å². The third-order valence-electron chi connectivity index (χ3n) is 2.88. The summed E-state index contributed by atoms with van der Waals surface area (Å²) in [5.41, 5.74) is 1.50. The molecule has 6 heteroatoms. The first-order valence-electron chi connectivity index (χ1n) is 6.69. The van der Waals surface area contributed by atoms with E-state index in [4.69, 9.17) is 9.47 Å². The summed E-state index contributed by atoms with van der Waals surface area (Å²) in [5.74, 6) is -0.633. The van der Waals surface area contributed by atoms with E-state index in [1.54, 1.807) is 26.2 Å². The highest BCUT2D eigenvalue weighted by Crippen LogP contribution is 2.18. The van der Waals surface area contributed by atoms with Crippen LogP contribution < -0.4 is 0 Å². The maximum absolute atomic E-state index is 12.5.